The highest BCUT2D eigenvalue weighted by atomic mass is 79.9. The van der Waals surface area contributed by atoms with Crippen molar-refractivity contribution in [3.8, 4) is 0 Å². The molecule has 2 aromatic rings. The molecule has 1 atom stereocenters. The molecule has 0 bridgehead atoms. The largest absolute Gasteiger partial charge is 0.394 e. The third-order valence-corrected chi connectivity index (χ3v) is 7.09. The van der Waals surface area contributed by atoms with Crippen molar-refractivity contribution in [2.75, 3.05) is 25.6 Å². The minimum absolute atomic E-state index is 0.00988. The highest BCUT2D eigenvalue weighted by Crippen LogP contribution is 2.51. The zero-order valence-electron chi connectivity index (χ0n) is 12.7. The molecule has 1 aliphatic rings. The lowest BCUT2D eigenvalue weighted by molar-refractivity contribution is 0.174. The van der Waals surface area contributed by atoms with Crippen LogP contribution in [0.3, 0.4) is 0 Å². The minimum Gasteiger partial charge on any atom is -0.394 e. The van der Waals surface area contributed by atoms with E-state index >= 15 is 0 Å². The predicted molar refractivity (Wildman–Crippen MR) is 99.8 cm³/mol. The van der Waals surface area contributed by atoms with Gasteiger partial charge in [0, 0.05) is 43.5 Å². The summed E-state index contributed by atoms with van der Waals surface area (Å²) in [4.78, 5) is 5.05. The Morgan fingerprint density at radius 1 is 1.17 bits per heavy atom. The van der Waals surface area contributed by atoms with Crippen molar-refractivity contribution in [2.24, 2.45) is 0 Å². The molecule has 0 saturated heterocycles. The summed E-state index contributed by atoms with van der Waals surface area (Å²) in [7, 11) is 1.68. The lowest BCUT2D eigenvalue weighted by Crippen LogP contribution is -2.25. The molecule has 6 heteroatoms. The van der Waals surface area contributed by atoms with Crippen molar-refractivity contribution in [3.63, 3.8) is 0 Å². The maximum absolute atomic E-state index is 9.48. The Kier molecular flexibility index (Phi) is 5.93. The molecule has 23 heavy (non-hydrogen) atoms. The fourth-order valence-electron chi connectivity index (χ4n) is 2.36. The number of aliphatic hydroxyl groups excluding tert-OH is 1. The monoisotopic (exact) mass is 411 g/mol. The van der Waals surface area contributed by atoms with Crippen LogP contribution in [0.2, 0.25) is 0 Å². The number of methoxy groups -OCH3 is 1. The van der Waals surface area contributed by atoms with Gasteiger partial charge in [-0.3, -0.25) is 0 Å². The Balaban J connectivity index is 1.78. The number of aliphatic hydroxyl groups is 1. The molecule has 3 rings (SSSR count). The molecule has 0 amide bonds. The van der Waals surface area contributed by atoms with E-state index in [2.05, 4.69) is 57.6 Å². The molecule has 0 fully saturated rings. The smallest absolute Gasteiger partial charge is 0.0633 e. The molecular weight excluding hydrogens is 394 g/mol. The number of fused-ring (bicyclic) bond motifs is 2. The second-order valence-corrected chi connectivity index (χ2v) is 8.23. The van der Waals surface area contributed by atoms with E-state index in [1.807, 2.05) is 0 Å². The number of ether oxygens (including phenoxy) is 1. The van der Waals surface area contributed by atoms with Crippen LogP contribution in [0, 0.1) is 0 Å². The number of rotatable bonds is 6. The van der Waals surface area contributed by atoms with Crippen LogP contribution in [0.25, 0.3) is 0 Å². The van der Waals surface area contributed by atoms with Gasteiger partial charge in [-0.1, -0.05) is 29.6 Å². The summed E-state index contributed by atoms with van der Waals surface area (Å²) >= 11 is 7.21. The molecule has 0 saturated carbocycles. The maximum atomic E-state index is 9.48. The quantitative estimate of drug-likeness (QED) is 0.605. The van der Waals surface area contributed by atoms with Crippen LogP contribution in [0.15, 0.2) is 60.5 Å². The van der Waals surface area contributed by atoms with Crippen LogP contribution in [0.4, 0.5) is 5.69 Å². The molecule has 1 heterocycles. The topological polar surface area (TPSA) is 41.5 Å². The van der Waals surface area contributed by atoms with E-state index in [4.69, 9.17) is 4.74 Å². The number of hydrogen-bond acceptors (Lipinski definition) is 5. The van der Waals surface area contributed by atoms with Crippen LogP contribution in [-0.4, -0.2) is 31.5 Å². The van der Waals surface area contributed by atoms with Crippen LogP contribution < -0.4 is 5.32 Å². The minimum atomic E-state index is 0.00988. The highest BCUT2D eigenvalue weighted by molar-refractivity contribution is 9.10. The van der Waals surface area contributed by atoms with Crippen LogP contribution >= 0.6 is 39.5 Å². The van der Waals surface area contributed by atoms with Gasteiger partial charge in [-0.2, -0.15) is 0 Å². The van der Waals surface area contributed by atoms with Gasteiger partial charge in [0.05, 0.1) is 12.6 Å². The average molecular weight is 412 g/mol. The van der Waals surface area contributed by atoms with Gasteiger partial charge in [-0.15, -0.1) is 0 Å². The van der Waals surface area contributed by atoms with Crippen molar-refractivity contribution < 1.29 is 9.84 Å². The Morgan fingerprint density at radius 3 is 2.83 bits per heavy atom. The van der Waals surface area contributed by atoms with Crippen molar-refractivity contribution in [1.29, 1.82) is 0 Å². The normalized spacial score (nSPS) is 14.0. The van der Waals surface area contributed by atoms with Crippen molar-refractivity contribution in [3.05, 3.63) is 40.9 Å². The molecule has 0 radical (unpaired) electrons. The summed E-state index contributed by atoms with van der Waals surface area (Å²) < 4.78 is 6.23. The summed E-state index contributed by atoms with van der Waals surface area (Å²) in [6.07, 6.45) is 0.780. The lowest BCUT2D eigenvalue weighted by atomic mass is 10.2. The van der Waals surface area contributed by atoms with Crippen molar-refractivity contribution in [2.45, 2.75) is 32.0 Å². The molecule has 3 nitrogen and oxygen atoms in total. The third kappa shape index (κ3) is 4.06. The number of benzene rings is 2. The average Bonchev–Trinajstić information content (AvgIpc) is 2.57. The molecule has 0 aromatic heterocycles. The van der Waals surface area contributed by atoms with E-state index in [0.717, 1.165) is 16.6 Å². The summed E-state index contributed by atoms with van der Waals surface area (Å²) in [5.41, 5.74) is 1.03. The number of hydrogen-bond donors (Lipinski definition) is 2. The first kappa shape index (κ1) is 17.2. The van der Waals surface area contributed by atoms with E-state index in [0.29, 0.717) is 6.61 Å². The predicted octanol–water partition coefficient (Wildman–Crippen LogP) is 4.87. The fourth-order valence-corrected chi connectivity index (χ4v) is 5.39. The van der Waals surface area contributed by atoms with Gasteiger partial charge in [-0.25, -0.2) is 0 Å². The SMILES string of the molecule is COCC[C@H](CO)Nc1ccc2c(c1)Sc1cccc(Br)c1S2. The lowest BCUT2D eigenvalue weighted by Gasteiger charge is -2.22. The molecule has 1 aliphatic heterocycles. The first-order valence-electron chi connectivity index (χ1n) is 7.36. The van der Waals surface area contributed by atoms with Crippen molar-refractivity contribution >= 4 is 45.1 Å². The van der Waals surface area contributed by atoms with E-state index in [1.165, 1.54) is 19.6 Å². The van der Waals surface area contributed by atoms with Crippen LogP contribution in [0.1, 0.15) is 6.42 Å². The zero-order valence-corrected chi connectivity index (χ0v) is 15.9. The molecule has 122 valence electrons. The zero-order chi connectivity index (χ0) is 16.2. The van der Waals surface area contributed by atoms with Crippen LogP contribution in [0.5, 0.6) is 0 Å². The first-order chi connectivity index (χ1) is 11.2. The molecular formula is C17H18BrNO2S2. The molecule has 0 spiro atoms. The van der Waals surface area contributed by atoms with Gasteiger partial charge in [-0.05, 0) is 52.7 Å². The van der Waals surface area contributed by atoms with Gasteiger partial charge in [0.15, 0.2) is 0 Å². The van der Waals surface area contributed by atoms with Gasteiger partial charge in [0.2, 0.25) is 0 Å². The van der Waals surface area contributed by atoms with Gasteiger partial charge >= 0.3 is 0 Å². The number of halogens is 1. The van der Waals surface area contributed by atoms with E-state index < -0.39 is 0 Å². The van der Waals surface area contributed by atoms with Gasteiger partial charge in [0.25, 0.3) is 0 Å². The Bertz CT molecular complexity index is 696. The summed E-state index contributed by atoms with van der Waals surface area (Å²) in [5, 5.41) is 12.9. The van der Waals surface area contributed by atoms with Gasteiger partial charge < -0.3 is 15.2 Å². The molecule has 0 aliphatic carbocycles. The molecule has 0 unspecified atom stereocenters. The summed E-state index contributed by atoms with van der Waals surface area (Å²) in [5.74, 6) is 0. The van der Waals surface area contributed by atoms with Gasteiger partial charge in [0.1, 0.15) is 0 Å². The second-order valence-electron chi connectivity index (χ2n) is 5.24. The first-order valence-corrected chi connectivity index (χ1v) is 9.78. The maximum Gasteiger partial charge on any atom is 0.0633 e. The Morgan fingerprint density at radius 2 is 2.04 bits per heavy atom. The van der Waals surface area contributed by atoms with Crippen LogP contribution in [-0.2, 0) is 4.74 Å². The standard InChI is InChI=1S/C17H18BrNO2S2/c1-21-8-7-12(10-20)19-11-5-6-14-16(9-11)22-15-4-2-3-13(18)17(15)23-14/h2-6,9,12,19-20H,7-8,10H2,1H3/t12-/m1/s1. The van der Waals surface area contributed by atoms with E-state index in [-0.39, 0.29) is 12.6 Å². The van der Waals surface area contributed by atoms with E-state index in [9.17, 15) is 5.11 Å². The molecule has 2 aromatic carbocycles. The third-order valence-electron chi connectivity index (χ3n) is 3.57. The second kappa shape index (κ2) is 7.94. The van der Waals surface area contributed by atoms with Crippen molar-refractivity contribution in [1.82, 2.24) is 0 Å². The fraction of sp³-hybridized carbons (Fsp3) is 0.294. The molecule has 2 N–H and O–H groups in total. The van der Waals surface area contributed by atoms with E-state index in [1.54, 1.807) is 30.6 Å². The summed E-state index contributed by atoms with van der Waals surface area (Å²) in [6.45, 7) is 0.729. The number of nitrogens with one attached hydrogen (secondary N) is 1. The number of anilines is 1. The summed E-state index contributed by atoms with van der Waals surface area (Å²) in [6, 6.07) is 12.7. The highest BCUT2D eigenvalue weighted by Gasteiger charge is 2.19. The Labute approximate surface area is 153 Å². The Hall–Kier alpha value is -0.660.